The predicted octanol–water partition coefficient (Wildman–Crippen LogP) is 4.86. The summed E-state index contributed by atoms with van der Waals surface area (Å²) >= 11 is 1.41. The fraction of sp³-hybridized carbons (Fsp3) is 0.474. The lowest BCUT2D eigenvalue weighted by molar-refractivity contribution is -0.116. The number of ether oxygens (including phenoxy) is 1. The highest BCUT2D eigenvalue weighted by molar-refractivity contribution is 7.16. The number of amides is 1. The van der Waals surface area contributed by atoms with E-state index in [0.717, 1.165) is 48.5 Å². The number of nitrogens with one attached hydrogen (secondary N) is 2. The van der Waals surface area contributed by atoms with Gasteiger partial charge in [-0.15, -0.1) is 23.7 Å². The molecule has 2 aromatic rings. The average molecular weight is 432 g/mol. The van der Waals surface area contributed by atoms with Gasteiger partial charge in [-0.05, 0) is 69.5 Å². The number of hydrogen-bond donors (Lipinski definition) is 2. The van der Waals surface area contributed by atoms with E-state index in [9.17, 15) is 13.6 Å². The van der Waals surface area contributed by atoms with Crippen molar-refractivity contribution in [2.75, 3.05) is 18.4 Å². The number of aryl methyl sites for hydroxylation is 1. The van der Waals surface area contributed by atoms with Gasteiger partial charge in [0, 0.05) is 16.9 Å². The summed E-state index contributed by atoms with van der Waals surface area (Å²) in [4.78, 5) is 17.7. The van der Waals surface area contributed by atoms with Crippen LogP contribution in [0, 0.1) is 12.8 Å². The number of rotatable bonds is 7. The van der Waals surface area contributed by atoms with E-state index in [1.165, 1.54) is 23.5 Å². The van der Waals surface area contributed by atoms with Crippen molar-refractivity contribution in [3.05, 3.63) is 29.1 Å². The van der Waals surface area contributed by atoms with E-state index in [-0.39, 0.29) is 24.1 Å². The Bertz CT molecular complexity index is 765. The highest BCUT2D eigenvalue weighted by Crippen LogP contribution is 2.31. The summed E-state index contributed by atoms with van der Waals surface area (Å²) in [5, 5.41) is 6.77. The third-order valence-corrected chi connectivity index (χ3v) is 5.52. The summed E-state index contributed by atoms with van der Waals surface area (Å²) in [5.74, 6) is 0.696. The van der Waals surface area contributed by atoms with Crippen molar-refractivity contribution >= 4 is 34.8 Å². The molecule has 1 aromatic heterocycles. The highest BCUT2D eigenvalue weighted by atomic mass is 35.5. The second-order valence-corrected chi connectivity index (χ2v) is 7.81. The van der Waals surface area contributed by atoms with Crippen LogP contribution >= 0.6 is 23.7 Å². The Morgan fingerprint density at radius 1 is 1.32 bits per heavy atom. The van der Waals surface area contributed by atoms with E-state index in [1.54, 1.807) is 12.1 Å². The number of halogens is 3. The molecule has 2 N–H and O–H groups in total. The molecule has 3 rings (SSSR count). The standard InChI is InChI=1S/C19H23F2N3O2S.ClH/c1-12-17(14-3-5-15(6-4-14)26-18(20)21)24-19(27-12)23-16(25)7-2-13-8-10-22-11-9-13;/h3-6,13,18,22H,2,7-11H2,1H3,(H,23,24,25);1H. The Morgan fingerprint density at radius 2 is 2.00 bits per heavy atom. The van der Waals surface area contributed by atoms with Gasteiger partial charge in [0.25, 0.3) is 0 Å². The molecule has 0 saturated carbocycles. The molecule has 0 bridgehead atoms. The Balaban J connectivity index is 0.00000280. The number of anilines is 1. The molecule has 1 fully saturated rings. The van der Waals surface area contributed by atoms with Crippen LogP contribution in [0.5, 0.6) is 5.75 Å². The van der Waals surface area contributed by atoms with Crippen LogP contribution in [0.3, 0.4) is 0 Å². The van der Waals surface area contributed by atoms with Crippen LogP contribution in [0.1, 0.15) is 30.6 Å². The van der Waals surface area contributed by atoms with Crippen LogP contribution in [-0.2, 0) is 4.79 Å². The number of piperidine rings is 1. The van der Waals surface area contributed by atoms with Gasteiger partial charge in [-0.3, -0.25) is 4.79 Å². The minimum atomic E-state index is -2.84. The monoisotopic (exact) mass is 431 g/mol. The van der Waals surface area contributed by atoms with Crippen LogP contribution < -0.4 is 15.4 Å². The molecule has 0 spiro atoms. The molecule has 9 heteroatoms. The topological polar surface area (TPSA) is 63.2 Å². The smallest absolute Gasteiger partial charge is 0.387 e. The Morgan fingerprint density at radius 3 is 2.64 bits per heavy atom. The van der Waals surface area contributed by atoms with Gasteiger partial charge in [0.2, 0.25) is 5.91 Å². The molecule has 1 saturated heterocycles. The van der Waals surface area contributed by atoms with Crippen molar-refractivity contribution in [2.24, 2.45) is 5.92 Å². The number of thiazole rings is 1. The molecule has 1 aliphatic rings. The zero-order chi connectivity index (χ0) is 19.2. The van der Waals surface area contributed by atoms with Crippen LogP contribution in [0.25, 0.3) is 11.3 Å². The summed E-state index contributed by atoms with van der Waals surface area (Å²) < 4.78 is 28.8. The summed E-state index contributed by atoms with van der Waals surface area (Å²) in [5.41, 5.74) is 1.53. The van der Waals surface area contributed by atoms with E-state index in [4.69, 9.17) is 0 Å². The summed E-state index contributed by atoms with van der Waals surface area (Å²) in [6, 6.07) is 6.33. The van der Waals surface area contributed by atoms with Crippen LogP contribution in [0.2, 0.25) is 0 Å². The largest absolute Gasteiger partial charge is 0.435 e. The number of hydrogen-bond acceptors (Lipinski definition) is 5. The third kappa shape index (κ3) is 6.39. The predicted molar refractivity (Wildman–Crippen MR) is 110 cm³/mol. The maximum absolute atomic E-state index is 12.2. The second-order valence-electron chi connectivity index (χ2n) is 6.61. The Hall–Kier alpha value is -1.77. The van der Waals surface area contributed by atoms with Crippen molar-refractivity contribution in [3.8, 4) is 17.0 Å². The number of carbonyl (C=O) groups excluding carboxylic acids is 1. The van der Waals surface area contributed by atoms with E-state index in [0.29, 0.717) is 17.5 Å². The molecule has 5 nitrogen and oxygen atoms in total. The summed E-state index contributed by atoms with van der Waals surface area (Å²) in [7, 11) is 0. The van der Waals surface area contributed by atoms with E-state index >= 15 is 0 Å². The van der Waals surface area contributed by atoms with Crippen molar-refractivity contribution in [1.29, 1.82) is 0 Å². The lowest BCUT2D eigenvalue weighted by Crippen LogP contribution is -2.28. The molecule has 1 aliphatic heterocycles. The molecule has 28 heavy (non-hydrogen) atoms. The SMILES string of the molecule is Cc1sc(NC(=O)CCC2CCNCC2)nc1-c1ccc(OC(F)F)cc1.Cl. The summed E-state index contributed by atoms with van der Waals surface area (Å²) in [6.45, 7) is 1.13. The molecule has 0 radical (unpaired) electrons. The highest BCUT2D eigenvalue weighted by Gasteiger charge is 2.16. The lowest BCUT2D eigenvalue weighted by Gasteiger charge is -2.21. The first kappa shape index (κ1) is 22.5. The normalized spacial score (nSPS) is 14.6. The molecule has 154 valence electrons. The van der Waals surface area contributed by atoms with E-state index in [2.05, 4.69) is 20.4 Å². The van der Waals surface area contributed by atoms with Gasteiger partial charge in [0.1, 0.15) is 5.75 Å². The first-order valence-electron chi connectivity index (χ1n) is 9.04. The molecular formula is C19H24ClF2N3O2S. The maximum atomic E-state index is 12.2. The van der Waals surface area contributed by atoms with Gasteiger partial charge in [-0.2, -0.15) is 8.78 Å². The van der Waals surface area contributed by atoms with Crippen molar-refractivity contribution in [2.45, 2.75) is 39.2 Å². The van der Waals surface area contributed by atoms with E-state index in [1.807, 2.05) is 6.92 Å². The first-order valence-corrected chi connectivity index (χ1v) is 9.86. The number of aromatic nitrogens is 1. The molecular weight excluding hydrogens is 408 g/mol. The number of alkyl halides is 2. The molecule has 1 aromatic carbocycles. The zero-order valence-electron chi connectivity index (χ0n) is 15.5. The van der Waals surface area contributed by atoms with Crippen molar-refractivity contribution < 1.29 is 18.3 Å². The van der Waals surface area contributed by atoms with Crippen LogP contribution in [0.15, 0.2) is 24.3 Å². The summed E-state index contributed by atoms with van der Waals surface area (Å²) in [6.07, 6.45) is 3.65. The molecule has 2 heterocycles. The fourth-order valence-electron chi connectivity index (χ4n) is 3.20. The quantitative estimate of drug-likeness (QED) is 0.657. The minimum Gasteiger partial charge on any atom is -0.435 e. The average Bonchev–Trinajstić information content (AvgIpc) is 3.01. The van der Waals surface area contributed by atoms with Gasteiger partial charge in [-0.25, -0.2) is 4.98 Å². The molecule has 0 unspecified atom stereocenters. The fourth-order valence-corrected chi connectivity index (χ4v) is 4.05. The first-order chi connectivity index (χ1) is 13.0. The second kappa shape index (κ2) is 10.7. The molecule has 0 aliphatic carbocycles. The van der Waals surface area contributed by atoms with Crippen molar-refractivity contribution in [1.82, 2.24) is 10.3 Å². The molecule has 0 atom stereocenters. The van der Waals surface area contributed by atoms with Crippen molar-refractivity contribution in [3.63, 3.8) is 0 Å². The van der Waals surface area contributed by atoms with E-state index < -0.39 is 6.61 Å². The lowest BCUT2D eigenvalue weighted by atomic mass is 9.93. The minimum absolute atomic E-state index is 0. The Kier molecular flexibility index (Phi) is 8.59. The number of benzene rings is 1. The van der Waals surface area contributed by atoms with Crippen LogP contribution in [0.4, 0.5) is 13.9 Å². The van der Waals surface area contributed by atoms with Crippen LogP contribution in [-0.4, -0.2) is 30.6 Å². The molecule has 1 amide bonds. The third-order valence-electron chi connectivity index (χ3n) is 4.63. The van der Waals surface area contributed by atoms with Gasteiger partial charge in [-0.1, -0.05) is 0 Å². The van der Waals surface area contributed by atoms with Gasteiger partial charge in [0.05, 0.1) is 5.69 Å². The number of nitrogens with zero attached hydrogens (tertiary/aromatic N) is 1. The Labute approximate surface area is 173 Å². The zero-order valence-corrected chi connectivity index (χ0v) is 17.2. The number of carbonyl (C=O) groups is 1. The maximum Gasteiger partial charge on any atom is 0.387 e. The van der Waals surface area contributed by atoms with Gasteiger partial charge < -0.3 is 15.4 Å². The van der Waals surface area contributed by atoms with Gasteiger partial charge >= 0.3 is 6.61 Å². The van der Waals surface area contributed by atoms with Gasteiger partial charge in [0.15, 0.2) is 5.13 Å².